The van der Waals surface area contributed by atoms with E-state index < -0.39 is 10.0 Å². The molecular formula is C10H9BrN2O2S. The third kappa shape index (κ3) is 1.90. The molecular weight excluding hydrogens is 292 g/mol. The lowest BCUT2D eigenvalue weighted by molar-refractivity contribution is 0.586. The predicted octanol–water partition coefficient (Wildman–Crippen LogP) is 2.19. The highest BCUT2D eigenvalue weighted by Crippen LogP contribution is 2.22. The van der Waals surface area contributed by atoms with E-state index in [1.54, 1.807) is 19.1 Å². The lowest BCUT2D eigenvalue weighted by atomic mass is 10.2. The summed E-state index contributed by atoms with van der Waals surface area (Å²) >= 11 is 3.26. The molecule has 0 aliphatic heterocycles. The van der Waals surface area contributed by atoms with Gasteiger partial charge in [0.15, 0.2) is 0 Å². The molecule has 0 unspecified atom stereocenters. The van der Waals surface area contributed by atoms with Crippen molar-refractivity contribution in [1.82, 2.24) is 8.96 Å². The van der Waals surface area contributed by atoms with Crippen LogP contribution < -0.4 is 0 Å². The number of imidazole rings is 1. The van der Waals surface area contributed by atoms with E-state index in [-0.39, 0.29) is 4.90 Å². The molecule has 0 bridgehead atoms. The molecule has 1 aromatic heterocycles. The first-order chi connectivity index (χ1) is 7.51. The number of aromatic nitrogens is 2. The average molecular weight is 301 g/mol. The lowest BCUT2D eigenvalue weighted by Gasteiger charge is -2.08. The molecule has 0 fully saturated rings. The van der Waals surface area contributed by atoms with Gasteiger partial charge in [-0.25, -0.2) is 17.4 Å². The van der Waals surface area contributed by atoms with Crippen LogP contribution in [-0.4, -0.2) is 17.4 Å². The van der Waals surface area contributed by atoms with E-state index in [1.165, 1.54) is 18.7 Å². The molecule has 0 radical (unpaired) electrons. The molecule has 1 heterocycles. The molecule has 0 aliphatic rings. The second-order valence-electron chi connectivity index (χ2n) is 3.31. The van der Waals surface area contributed by atoms with E-state index in [4.69, 9.17) is 0 Å². The fourth-order valence-corrected chi connectivity index (χ4v) is 3.24. The van der Waals surface area contributed by atoms with Gasteiger partial charge in [-0.05, 0) is 24.6 Å². The van der Waals surface area contributed by atoms with Crippen LogP contribution in [0.3, 0.4) is 0 Å². The van der Waals surface area contributed by atoms with Crippen molar-refractivity contribution in [3.05, 3.63) is 47.0 Å². The largest absolute Gasteiger partial charge is 0.269 e. The molecule has 2 rings (SSSR count). The molecule has 4 nitrogen and oxygen atoms in total. The summed E-state index contributed by atoms with van der Waals surface area (Å²) in [6.07, 6.45) is 4.12. The summed E-state index contributed by atoms with van der Waals surface area (Å²) in [6.45, 7) is 1.76. The second kappa shape index (κ2) is 4.03. The first kappa shape index (κ1) is 11.3. The summed E-state index contributed by atoms with van der Waals surface area (Å²) in [5.41, 5.74) is 0.705. The van der Waals surface area contributed by atoms with Gasteiger partial charge in [0.05, 0.1) is 4.90 Å². The molecule has 0 amide bonds. The SMILES string of the molecule is Cc1ccc(Br)cc1S(=O)(=O)n1ccnc1. The topological polar surface area (TPSA) is 52.0 Å². The van der Waals surface area contributed by atoms with Crippen molar-refractivity contribution in [3.63, 3.8) is 0 Å². The normalized spacial score (nSPS) is 11.6. The van der Waals surface area contributed by atoms with Crippen molar-refractivity contribution in [2.45, 2.75) is 11.8 Å². The van der Waals surface area contributed by atoms with E-state index in [0.29, 0.717) is 5.56 Å². The van der Waals surface area contributed by atoms with Crippen molar-refractivity contribution < 1.29 is 8.42 Å². The van der Waals surface area contributed by atoms with Crippen LogP contribution in [0, 0.1) is 6.92 Å². The minimum absolute atomic E-state index is 0.278. The zero-order chi connectivity index (χ0) is 11.8. The highest BCUT2D eigenvalue weighted by atomic mass is 79.9. The minimum Gasteiger partial charge on any atom is -0.244 e. The molecule has 6 heteroatoms. The van der Waals surface area contributed by atoms with Gasteiger partial charge < -0.3 is 0 Å². The zero-order valence-electron chi connectivity index (χ0n) is 8.46. The number of benzene rings is 1. The number of aryl methyl sites for hydroxylation is 1. The van der Waals surface area contributed by atoms with Crippen molar-refractivity contribution in [2.75, 3.05) is 0 Å². The first-order valence-electron chi connectivity index (χ1n) is 4.51. The van der Waals surface area contributed by atoms with E-state index in [0.717, 1.165) is 8.45 Å². The van der Waals surface area contributed by atoms with Crippen LogP contribution in [0.25, 0.3) is 0 Å². The number of rotatable bonds is 2. The molecule has 0 atom stereocenters. The molecule has 0 N–H and O–H groups in total. The summed E-state index contributed by atoms with van der Waals surface area (Å²) in [7, 11) is -3.52. The standard InChI is InChI=1S/C10H9BrN2O2S/c1-8-2-3-9(11)6-10(8)16(14,15)13-5-4-12-7-13/h2-7H,1H3. The van der Waals surface area contributed by atoms with Gasteiger partial charge in [-0.15, -0.1) is 0 Å². The quantitative estimate of drug-likeness (QED) is 0.854. The van der Waals surface area contributed by atoms with Crippen LogP contribution in [0.1, 0.15) is 5.56 Å². The fraction of sp³-hybridized carbons (Fsp3) is 0.100. The monoisotopic (exact) mass is 300 g/mol. The number of hydrogen-bond donors (Lipinski definition) is 0. The van der Waals surface area contributed by atoms with Crippen LogP contribution in [0.15, 0.2) is 46.3 Å². The van der Waals surface area contributed by atoms with Gasteiger partial charge in [0, 0.05) is 16.9 Å². The van der Waals surface area contributed by atoms with Gasteiger partial charge in [0.2, 0.25) is 0 Å². The van der Waals surface area contributed by atoms with Crippen molar-refractivity contribution >= 4 is 26.0 Å². The summed E-state index contributed by atoms with van der Waals surface area (Å²) in [6, 6.07) is 5.15. The summed E-state index contributed by atoms with van der Waals surface area (Å²) in [4.78, 5) is 4.02. The first-order valence-corrected chi connectivity index (χ1v) is 6.75. The summed E-state index contributed by atoms with van der Waals surface area (Å²) in [5.74, 6) is 0. The Morgan fingerprint density at radius 3 is 2.75 bits per heavy atom. The smallest absolute Gasteiger partial charge is 0.244 e. The Morgan fingerprint density at radius 2 is 2.12 bits per heavy atom. The van der Waals surface area contributed by atoms with E-state index >= 15 is 0 Å². The highest BCUT2D eigenvalue weighted by Gasteiger charge is 2.18. The summed E-state index contributed by atoms with van der Waals surface area (Å²) in [5, 5.41) is 0. The molecule has 0 aliphatic carbocycles. The lowest BCUT2D eigenvalue weighted by Crippen LogP contribution is -2.12. The van der Waals surface area contributed by atoms with Gasteiger partial charge in [0.25, 0.3) is 10.0 Å². The Morgan fingerprint density at radius 1 is 1.38 bits per heavy atom. The molecule has 2 aromatic rings. The van der Waals surface area contributed by atoms with Gasteiger partial charge in [0.1, 0.15) is 6.33 Å². The second-order valence-corrected chi connectivity index (χ2v) is 6.03. The maximum absolute atomic E-state index is 12.2. The average Bonchev–Trinajstić information content (AvgIpc) is 2.75. The van der Waals surface area contributed by atoms with Gasteiger partial charge >= 0.3 is 0 Å². The van der Waals surface area contributed by atoms with Crippen LogP contribution in [0.4, 0.5) is 0 Å². The molecule has 0 spiro atoms. The number of halogens is 1. The van der Waals surface area contributed by atoms with Crippen LogP contribution in [-0.2, 0) is 10.0 Å². The van der Waals surface area contributed by atoms with E-state index in [9.17, 15) is 8.42 Å². The number of nitrogens with zero attached hydrogens (tertiary/aromatic N) is 2. The zero-order valence-corrected chi connectivity index (χ0v) is 10.9. The van der Waals surface area contributed by atoms with Crippen molar-refractivity contribution in [2.24, 2.45) is 0 Å². The Kier molecular flexibility index (Phi) is 2.86. The maximum atomic E-state index is 12.2. The molecule has 1 aromatic carbocycles. The van der Waals surface area contributed by atoms with E-state index in [2.05, 4.69) is 20.9 Å². The molecule has 16 heavy (non-hydrogen) atoms. The molecule has 0 saturated heterocycles. The maximum Gasteiger partial charge on any atom is 0.269 e. The van der Waals surface area contributed by atoms with E-state index in [1.807, 2.05) is 6.07 Å². The van der Waals surface area contributed by atoms with Gasteiger partial charge in [-0.1, -0.05) is 22.0 Å². The van der Waals surface area contributed by atoms with Gasteiger partial charge in [-0.3, -0.25) is 0 Å². The Balaban J connectivity index is 2.65. The number of hydrogen-bond acceptors (Lipinski definition) is 3. The van der Waals surface area contributed by atoms with Crippen LogP contribution in [0.2, 0.25) is 0 Å². The van der Waals surface area contributed by atoms with Crippen molar-refractivity contribution in [3.8, 4) is 0 Å². The Bertz CT molecular complexity index is 606. The molecule has 0 saturated carbocycles. The third-order valence-corrected chi connectivity index (χ3v) is 4.45. The Labute approximate surface area is 102 Å². The Hall–Kier alpha value is -1.14. The third-order valence-electron chi connectivity index (χ3n) is 2.19. The molecule has 84 valence electrons. The highest BCUT2D eigenvalue weighted by molar-refractivity contribution is 9.10. The summed E-state index contributed by atoms with van der Waals surface area (Å²) < 4.78 is 26.2. The van der Waals surface area contributed by atoms with Crippen LogP contribution in [0.5, 0.6) is 0 Å². The minimum atomic E-state index is -3.52. The van der Waals surface area contributed by atoms with Crippen molar-refractivity contribution in [1.29, 1.82) is 0 Å². The fourth-order valence-electron chi connectivity index (χ4n) is 1.35. The predicted molar refractivity (Wildman–Crippen MR) is 63.7 cm³/mol. The van der Waals surface area contributed by atoms with Gasteiger partial charge in [-0.2, -0.15) is 0 Å². The van der Waals surface area contributed by atoms with Crippen LogP contribution >= 0.6 is 15.9 Å².